The van der Waals surface area contributed by atoms with E-state index in [0.29, 0.717) is 12.6 Å². The van der Waals surface area contributed by atoms with E-state index in [9.17, 15) is 0 Å². The summed E-state index contributed by atoms with van der Waals surface area (Å²) in [5.74, 6) is 2.85. The van der Waals surface area contributed by atoms with Crippen LogP contribution >= 0.6 is 0 Å². The van der Waals surface area contributed by atoms with Gasteiger partial charge in [-0.05, 0) is 67.3 Å². The highest BCUT2D eigenvalue weighted by Crippen LogP contribution is 2.51. The van der Waals surface area contributed by atoms with Gasteiger partial charge in [0.05, 0.1) is 12.2 Å². The Hall–Kier alpha value is -3.98. The molecule has 2 saturated heterocycles. The van der Waals surface area contributed by atoms with Gasteiger partial charge in [-0.15, -0.1) is 0 Å². The number of hydrogen-bond acceptors (Lipinski definition) is 8. The number of piperidine rings is 1. The van der Waals surface area contributed by atoms with Crippen LogP contribution in [0.4, 0.5) is 11.6 Å². The first-order valence-corrected chi connectivity index (χ1v) is 14.1. The summed E-state index contributed by atoms with van der Waals surface area (Å²) in [6.07, 6.45) is 11.2. The van der Waals surface area contributed by atoms with Crippen molar-refractivity contribution in [3.63, 3.8) is 0 Å². The number of nitrogens with zero attached hydrogens (tertiary/aromatic N) is 7. The van der Waals surface area contributed by atoms with Gasteiger partial charge < -0.3 is 20.3 Å². The summed E-state index contributed by atoms with van der Waals surface area (Å²) in [5, 5.41) is 0. The highest BCUT2D eigenvalue weighted by atomic mass is 16.5. The average molecular weight is 519 g/mol. The summed E-state index contributed by atoms with van der Waals surface area (Å²) in [7, 11) is 0. The number of ether oxygens (including phenoxy) is 1. The third kappa shape index (κ3) is 2.93. The zero-order valence-electron chi connectivity index (χ0n) is 21.8. The van der Waals surface area contributed by atoms with Crippen LogP contribution in [0.25, 0.3) is 27.9 Å². The maximum atomic E-state index is 6.80. The number of hydrogen-bond donors (Lipinski definition) is 1. The SMILES string of the molecule is N[C@@H]1c2cccnc2CC12CCN(c1nc3ccc(-c4ccnc5c4OC[C@@H]4CCCN54)c4ncc1n34)CC2. The molecule has 1 spiro atoms. The zero-order valence-corrected chi connectivity index (χ0v) is 21.8. The van der Waals surface area contributed by atoms with Crippen molar-refractivity contribution in [2.24, 2.45) is 11.1 Å². The van der Waals surface area contributed by atoms with Crippen LogP contribution in [0.3, 0.4) is 0 Å². The minimum Gasteiger partial charge on any atom is -0.487 e. The summed E-state index contributed by atoms with van der Waals surface area (Å²) in [5.41, 5.74) is 14.3. The van der Waals surface area contributed by atoms with E-state index in [1.807, 2.05) is 24.7 Å². The van der Waals surface area contributed by atoms with Gasteiger partial charge in [-0.2, -0.15) is 0 Å². The lowest BCUT2D eigenvalue weighted by Crippen LogP contribution is -2.44. The maximum Gasteiger partial charge on any atom is 0.172 e. The molecule has 2 atom stereocenters. The van der Waals surface area contributed by atoms with Crippen molar-refractivity contribution in [2.75, 3.05) is 36.0 Å². The van der Waals surface area contributed by atoms with Gasteiger partial charge >= 0.3 is 0 Å². The van der Waals surface area contributed by atoms with Crippen LogP contribution in [0, 0.1) is 5.41 Å². The topological polar surface area (TPSA) is 97.7 Å². The van der Waals surface area contributed by atoms with Gasteiger partial charge in [0.25, 0.3) is 0 Å². The summed E-state index contributed by atoms with van der Waals surface area (Å²) < 4.78 is 8.52. The largest absolute Gasteiger partial charge is 0.487 e. The molecule has 8 heterocycles. The second kappa shape index (κ2) is 7.79. The molecule has 0 aromatic carbocycles. The van der Waals surface area contributed by atoms with Gasteiger partial charge in [0, 0.05) is 54.9 Å². The molecule has 2 fully saturated rings. The predicted octanol–water partition coefficient (Wildman–Crippen LogP) is 3.98. The van der Waals surface area contributed by atoms with E-state index in [2.05, 4.69) is 43.4 Å². The molecule has 9 rings (SSSR count). The highest BCUT2D eigenvalue weighted by Gasteiger charge is 2.47. The number of aromatic nitrogens is 5. The third-order valence-corrected chi connectivity index (χ3v) is 9.82. The first-order valence-electron chi connectivity index (χ1n) is 14.1. The Kier molecular flexibility index (Phi) is 4.37. The molecule has 9 nitrogen and oxygen atoms in total. The van der Waals surface area contributed by atoms with Crippen LogP contribution in [-0.2, 0) is 6.42 Å². The normalized spacial score (nSPS) is 23.4. The Balaban J connectivity index is 1.06. The fraction of sp³-hybridized carbons (Fsp3) is 0.400. The maximum absolute atomic E-state index is 6.80. The van der Waals surface area contributed by atoms with Crippen molar-refractivity contribution in [3.8, 4) is 16.9 Å². The molecule has 1 aliphatic carbocycles. The Morgan fingerprint density at radius 3 is 2.77 bits per heavy atom. The lowest BCUT2D eigenvalue weighted by Gasteiger charge is -2.42. The number of pyridine rings is 3. The Labute approximate surface area is 226 Å². The van der Waals surface area contributed by atoms with E-state index in [1.165, 1.54) is 24.1 Å². The van der Waals surface area contributed by atoms with E-state index < -0.39 is 0 Å². The number of imidazole rings is 2. The molecule has 5 aromatic heterocycles. The van der Waals surface area contributed by atoms with Gasteiger partial charge in [0.15, 0.2) is 17.4 Å². The molecule has 2 N–H and O–H groups in total. The molecule has 196 valence electrons. The molecule has 0 saturated carbocycles. The molecule has 0 unspecified atom stereocenters. The molecule has 0 amide bonds. The van der Waals surface area contributed by atoms with Gasteiger partial charge in [-0.1, -0.05) is 6.07 Å². The molecule has 39 heavy (non-hydrogen) atoms. The molecule has 3 aliphatic heterocycles. The molecule has 0 bridgehead atoms. The first-order chi connectivity index (χ1) is 19.2. The number of rotatable bonds is 2. The van der Waals surface area contributed by atoms with Crippen LogP contribution < -0.4 is 20.3 Å². The second-order valence-corrected chi connectivity index (χ2v) is 11.7. The van der Waals surface area contributed by atoms with E-state index in [-0.39, 0.29) is 11.5 Å². The Morgan fingerprint density at radius 1 is 0.949 bits per heavy atom. The van der Waals surface area contributed by atoms with Crippen LogP contribution in [0.15, 0.2) is 48.9 Å². The van der Waals surface area contributed by atoms with Crippen molar-refractivity contribution in [1.82, 2.24) is 24.3 Å². The Morgan fingerprint density at radius 2 is 1.87 bits per heavy atom. The van der Waals surface area contributed by atoms with Crippen molar-refractivity contribution in [1.29, 1.82) is 0 Å². The molecule has 0 radical (unpaired) electrons. The molecular weight excluding hydrogens is 488 g/mol. The van der Waals surface area contributed by atoms with Crippen LogP contribution in [0.2, 0.25) is 0 Å². The van der Waals surface area contributed by atoms with Gasteiger partial charge in [-0.25, -0.2) is 15.0 Å². The first kappa shape index (κ1) is 21.9. The number of fused-ring (bicyclic) bond motifs is 4. The number of anilines is 2. The third-order valence-electron chi connectivity index (χ3n) is 9.82. The lowest BCUT2D eigenvalue weighted by molar-refractivity contribution is 0.187. The monoisotopic (exact) mass is 518 g/mol. The predicted molar refractivity (Wildman–Crippen MR) is 150 cm³/mol. The van der Waals surface area contributed by atoms with Gasteiger partial charge in [0.2, 0.25) is 0 Å². The fourth-order valence-electron chi connectivity index (χ4n) is 7.70. The molecule has 4 aliphatic rings. The molecule has 9 heteroatoms. The van der Waals surface area contributed by atoms with E-state index in [1.54, 1.807) is 0 Å². The fourth-order valence-corrected chi connectivity index (χ4v) is 7.70. The van der Waals surface area contributed by atoms with Crippen molar-refractivity contribution < 1.29 is 4.74 Å². The quantitative estimate of drug-likeness (QED) is 0.375. The minimum absolute atomic E-state index is 0.0552. The summed E-state index contributed by atoms with van der Waals surface area (Å²) in [4.78, 5) is 24.2. The van der Waals surface area contributed by atoms with Gasteiger partial charge in [-0.3, -0.25) is 9.38 Å². The second-order valence-electron chi connectivity index (χ2n) is 11.7. The summed E-state index contributed by atoms with van der Waals surface area (Å²) in [6.45, 7) is 3.62. The smallest absolute Gasteiger partial charge is 0.172 e. The molecule has 5 aromatic rings. The van der Waals surface area contributed by atoms with Gasteiger partial charge in [0.1, 0.15) is 23.4 Å². The van der Waals surface area contributed by atoms with E-state index in [0.717, 1.165) is 84.2 Å². The van der Waals surface area contributed by atoms with E-state index in [4.69, 9.17) is 25.4 Å². The standard InChI is InChI=1S/C30H30N8O/c31-26-21-4-1-10-32-22(21)15-30(26)8-13-36(14-9-30)28-23-16-34-27-20(5-6-24(35-28)38(23)27)19-7-11-33-29-25(19)39-17-18-3-2-12-37(18)29/h1,4-7,10-11,16,18,26H,2-3,8-9,12-15,17,31H2/t18-,26+/m0/s1. The van der Waals surface area contributed by atoms with Crippen molar-refractivity contribution in [3.05, 3.63) is 60.2 Å². The number of nitrogens with two attached hydrogens (primary N) is 1. The zero-order chi connectivity index (χ0) is 25.7. The van der Waals surface area contributed by atoms with Crippen LogP contribution in [-0.4, -0.2) is 56.6 Å². The lowest BCUT2D eigenvalue weighted by atomic mass is 9.73. The van der Waals surface area contributed by atoms with E-state index >= 15 is 0 Å². The Bertz CT molecular complexity index is 1740. The summed E-state index contributed by atoms with van der Waals surface area (Å²) in [6, 6.07) is 10.9. The summed E-state index contributed by atoms with van der Waals surface area (Å²) >= 11 is 0. The van der Waals surface area contributed by atoms with Crippen molar-refractivity contribution in [2.45, 2.75) is 44.2 Å². The van der Waals surface area contributed by atoms with Crippen molar-refractivity contribution >= 4 is 28.4 Å². The minimum atomic E-state index is 0.0552. The van der Waals surface area contributed by atoms with Crippen LogP contribution in [0.5, 0.6) is 5.75 Å². The molecular formula is C30H30N8O. The van der Waals surface area contributed by atoms with Crippen LogP contribution in [0.1, 0.15) is 43.0 Å². The highest BCUT2D eigenvalue weighted by molar-refractivity contribution is 5.91. The average Bonchev–Trinajstić information content (AvgIpc) is 3.76.